The highest BCUT2D eigenvalue weighted by Gasteiger charge is 2.44. The van der Waals surface area contributed by atoms with E-state index in [1.807, 2.05) is 19.9 Å². The summed E-state index contributed by atoms with van der Waals surface area (Å²) in [5, 5.41) is 12.4. The molecule has 0 atom stereocenters. The van der Waals surface area contributed by atoms with E-state index in [1.165, 1.54) is 12.1 Å². The van der Waals surface area contributed by atoms with Crippen LogP contribution < -0.4 is 5.32 Å². The molecule has 1 aliphatic rings. The van der Waals surface area contributed by atoms with Crippen LogP contribution in [0.4, 0.5) is 10.2 Å². The highest BCUT2D eigenvalue weighted by Crippen LogP contribution is 2.42. The Balaban J connectivity index is 1.50. The first kappa shape index (κ1) is 23.3. The molecule has 8 heteroatoms. The normalized spacial score (nSPS) is 14.5. The van der Waals surface area contributed by atoms with Gasteiger partial charge < -0.3 is 19.0 Å². The van der Waals surface area contributed by atoms with Gasteiger partial charge >= 0.3 is 5.97 Å². The molecule has 0 unspecified atom stereocenters. The number of benzene rings is 1. The van der Waals surface area contributed by atoms with Gasteiger partial charge in [0.15, 0.2) is 6.61 Å². The van der Waals surface area contributed by atoms with Gasteiger partial charge in [-0.3, -0.25) is 9.59 Å². The van der Waals surface area contributed by atoms with Crippen LogP contribution in [-0.2, 0) is 26.3 Å². The largest absolute Gasteiger partial charge is 0.467 e. The number of nitrogens with one attached hydrogen (secondary N) is 1. The molecule has 0 spiro atoms. The molecule has 4 rings (SSSR count). The first-order valence-electron chi connectivity index (χ1n) is 11.2. The second-order valence-electron chi connectivity index (χ2n) is 8.63. The standard InChI is InChI=1S/C26H26FN3O4/c1-17-18(2)30(15-21-6-5-13-33-21)24(22(17)14-28)29-23(31)16-34-25(32)26(11-3-4-12-26)19-7-9-20(27)10-8-19/h5-10,13H,3-4,11-12,15-16H2,1-2H3,(H,29,31). The van der Waals surface area contributed by atoms with Gasteiger partial charge in [-0.15, -0.1) is 0 Å². The van der Waals surface area contributed by atoms with Crippen LogP contribution in [0, 0.1) is 31.0 Å². The first-order valence-corrected chi connectivity index (χ1v) is 11.2. The number of halogens is 1. The lowest BCUT2D eigenvalue weighted by atomic mass is 9.79. The Kier molecular flexibility index (Phi) is 6.55. The molecule has 7 nitrogen and oxygen atoms in total. The first-order chi connectivity index (χ1) is 16.4. The lowest BCUT2D eigenvalue weighted by Gasteiger charge is -2.27. The van der Waals surface area contributed by atoms with E-state index in [-0.39, 0.29) is 5.82 Å². The predicted molar refractivity (Wildman–Crippen MR) is 123 cm³/mol. The molecule has 2 aromatic heterocycles. The number of furan rings is 1. The number of nitrogens with zero attached hydrogens (tertiary/aromatic N) is 2. The number of anilines is 1. The third-order valence-electron chi connectivity index (χ3n) is 6.67. The second kappa shape index (κ2) is 9.56. The summed E-state index contributed by atoms with van der Waals surface area (Å²) < 4.78 is 26.1. The summed E-state index contributed by atoms with van der Waals surface area (Å²) in [4.78, 5) is 25.9. The van der Waals surface area contributed by atoms with E-state index in [9.17, 15) is 19.2 Å². The number of aromatic nitrogens is 1. The Hall–Kier alpha value is -3.86. The van der Waals surface area contributed by atoms with Gasteiger partial charge in [0.1, 0.15) is 23.5 Å². The highest BCUT2D eigenvalue weighted by atomic mass is 19.1. The van der Waals surface area contributed by atoms with Gasteiger partial charge in [-0.25, -0.2) is 4.39 Å². The van der Waals surface area contributed by atoms with Gasteiger partial charge in [0.25, 0.3) is 5.91 Å². The SMILES string of the molecule is Cc1c(C#N)c(NC(=O)COC(=O)C2(c3ccc(F)cc3)CCCC2)n(Cc2ccco2)c1C. The number of rotatable bonds is 7. The number of esters is 1. The van der Waals surface area contributed by atoms with Gasteiger partial charge in [-0.05, 0) is 62.1 Å². The average Bonchev–Trinajstić information content (AvgIpc) is 3.57. The minimum atomic E-state index is -0.877. The molecular formula is C26H26FN3O4. The summed E-state index contributed by atoms with van der Waals surface area (Å²) >= 11 is 0. The van der Waals surface area contributed by atoms with Crippen LogP contribution >= 0.6 is 0 Å². The summed E-state index contributed by atoms with van der Waals surface area (Å²) in [5.41, 5.74) is 1.74. The molecule has 1 aliphatic carbocycles. The van der Waals surface area contributed by atoms with Gasteiger partial charge in [-0.1, -0.05) is 25.0 Å². The number of hydrogen-bond acceptors (Lipinski definition) is 5. The number of carbonyl (C=O) groups is 2. The van der Waals surface area contributed by atoms with Crippen molar-refractivity contribution in [2.75, 3.05) is 11.9 Å². The zero-order valence-corrected chi connectivity index (χ0v) is 19.2. The van der Waals surface area contributed by atoms with E-state index in [2.05, 4.69) is 11.4 Å². The molecular weight excluding hydrogens is 437 g/mol. The minimum absolute atomic E-state index is 0.337. The summed E-state index contributed by atoms with van der Waals surface area (Å²) in [6.07, 6.45) is 4.43. The van der Waals surface area contributed by atoms with Crippen molar-refractivity contribution in [2.24, 2.45) is 0 Å². The fraction of sp³-hybridized carbons (Fsp3) is 0.346. The lowest BCUT2D eigenvalue weighted by molar-refractivity contribution is -0.153. The Morgan fingerprint density at radius 1 is 1.21 bits per heavy atom. The molecule has 2 heterocycles. The molecule has 1 amide bonds. The fourth-order valence-corrected chi connectivity index (χ4v) is 4.68. The molecule has 1 N–H and O–H groups in total. The molecule has 1 aromatic carbocycles. The number of amides is 1. The summed E-state index contributed by atoms with van der Waals surface area (Å²) in [7, 11) is 0. The number of ether oxygens (including phenoxy) is 1. The minimum Gasteiger partial charge on any atom is -0.467 e. The van der Waals surface area contributed by atoms with Crippen LogP contribution in [0.5, 0.6) is 0 Å². The number of carbonyl (C=O) groups excluding carboxylic acids is 2. The van der Waals surface area contributed by atoms with Crippen molar-refractivity contribution in [1.82, 2.24) is 4.57 Å². The predicted octanol–water partition coefficient (Wildman–Crippen LogP) is 4.75. The molecule has 0 aliphatic heterocycles. The van der Waals surface area contributed by atoms with Crippen LogP contribution in [-0.4, -0.2) is 23.1 Å². The third kappa shape index (κ3) is 4.34. The zero-order valence-electron chi connectivity index (χ0n) is 19.2. The maximum atomic E-state index is 13.4. The van der Waals surface area contributed by atoms with E-state index in [1.54, 1.807) is 29.0 Å². The number of hydrogen-bond donors (Lipinski definition) is 1. The van der Waals surface area contributed by atoms with Crippen molar-refractivity contribution < 1.29 is 23.1 Å². The van der Waals surface area contributed by atoms with Crippen LogP contribution in [0.3, 0.4) is 0 Å². The van der Waals surface area contributed by atoms with Crippen molar-refractivity contribution >= 4 is 17.7 Å². The second-order valence-corrected chi connectivity index (χ2v) is 8.63. The Labute approximate surface area is 197 Å². The quantitative estimate of drug-likeness (QED) is 0.510. The maximum Gasteiger partial charge on any atom is 0.317 e. The smallest absolute Gasteiger partial charge is 0.317 e. The molecule has 3 aromatic rings. The van der Waals surface area contributed by atoms with Crippen molar-refractivity contribution in [2.45, 2.75) is 51.5 Å². The van der Waals surface area contributed by atoms with Gasteiger partial charge in [0, 0.05) is 5.69 Å². The Bertz CT molecular complexity index is 1230. The van der Waals surface area contributed by atoms with Crippen LogP contribution in [0.2, 0.25) is 0 Å². The van der Waals surface area contributed by atoms with E-state index < -0.39 is 23.9 Å². The summed E-state index contributed by atoms with van der Waals surface area (Å²) in [6.45, 7) is 3.52. The molecule has 0 bridgehead atoms. The Morgan fingerprint density at radius 2 is 1.91 bits per heavy atom. The van der Waals surface area contributed by atoms with E-state index in [0.29, 0.717) is 42.1 Å². The van der Waals surface area contributed by atoms with Crippen molar-refractivity contribution in [3.63, 3.8) is 0 Å². The lowest BCUT2D eigenvalue weighted by Crippen LogP contribution is -2.36. The molecule has 1 saturated carbocycles. The van der Waals surface area contributed by atoms with Crippen LogP contribution in [0.25, 0.3) is 0 Å². The monoisotopic (exact) mass is 463 g/mol. The molecule has 176 valence electrons. The highest BCUT2D eigenvalue weighted by molar-refractivity contribution is 5.94. The topological polar surface area (TPSA) is 97.3 Å². The van der Waals surface area contributed by atoms with E-state index in [4.69, 9.17) is 9.15 Å². The van der Waals surface area contributed by atoms with Gasteiger partial charge in [0.2, 0.25) is 0 Å². The molecule has 34 heavy (non-hydrogen) atoms. The van der Waals surface area contributed by atoms with Gasteiger partial charge in [0.05, 0.1) is 23.8 Å². The maximum absolute atomic E-state index is 13.4. The van der Waals surface area contributed by atoms with E-state index in [0.717, 1.165) is 24.1 Å². The molecule has 0 saturated heterocycles. The Morgan fingerprint density at radius 3 is 2.53 bits per heavy atom. The molecule has 0 radical (unpaired) electrons. The summed E-state index contributed by atoms with van der Waals surface area (Å²) in [5.74, 6) is -0.405. The van der Waals surface area contributed by atoms with Gasteiger partial charge in [-0.2, -0.15) is 5.26 Å². The molecule has 1 fully saturated rings. The van der Waals surface area contributed by atoms with Crippen LogP contribution in [0.1, 0.15) is 53.8 Å². The zero-order chi connectivity index (χ0) is 24.3. The van der Waals surface area contributed by atoms with E-state index >= 15 is 0 Å². The van der Waals surface area contributed by atoms with Crippen molar-refractivity contribution in [3.8, 4) is 6.07 Å². The average molecular weight is 464 g/mol. The van der Waals surface area contributed by atoms with Crippen molar-refractivity contribution in [3.05, 3.63) is 76.6 Å². The van der Waals surface area contributed by atoms with Crippen LogP contribution in [0.15, 0.2) is 47.1 Å². The van der Waals surface area contributed by atoms with Crippen molar-refractivity contribution in [1.29, 1.82) is 5.26 Å². The fourth-order valence-electron chi connectivity index (χ4n) is 4.68. The third-order valence-corrected chi connectivity index (χ3v) is 6.67. The number of nitriles is 1. The summed E-state index contributed by atoms with van der Waals surface area (Å²) in [6, 6.07) is 11.6.